The SMILES string of the molecule is COc1c2occc2c(CN2CCCCC2)c2ccc(=O)oc12.Cl. The van der Waals surface area contributed by atoms with Gasteiger partial charge in [0.15, 0.2) is 11.2 Å². The van der Waals surface area contributed by atoms with Crippen LogP contribution in [-0.4, -0.2) is 25.1 Å². The summed E-state index contributed by atoms with van der Waals surface area (Å²) in [5, 5.41) is 1.94. The monoisotopic (exact) mass is 349 g/mol. The van der Waals surface area contributed by atoms with Crippen molar-refractivity contribution in [3.63, 3.8) is 0 Å². The highest BCUT2D eigenvalue weighted by molar-refractivity contribution is 6.03. The summed E-state index contributed by atoms with van der Waals surface area (Å²) in [5.41, 5.74) is 1.86. The van der Waals surface area contributed by atoms with Crippen molar-refractivity contribution in [2.45, 2.75) is 25.8 Å². The van der Waals surface area contributed by atoms with Gasteiger partial charge in [-0.3, -0.25) is 4.90 Å². The zero-order valence-corrected chi connectivity index (χ0v) is 14.4. The molecule has 1 saturated heterocycles. The maximum atomic E-state index is 11.7. The largest absolute Gasteiger partial charge is 0.490 e. The van der Waals surface area contributed by atoms with E-state index in [0.717, 1.165) is 36.0 Å². The van der Waals surface area contributed by atoms with Crippen LogP contribution in [0.4, 0.5) is 0 Å². The van der Waals surface area contributed by atoms with Crippen molar-refractivity contribution in [2.24, 2.45) is 0 Å². The number of hydrogen-bond donors (Lipinski definition) is 0. The van der Waals surface area contributed by atoms with E-state index in [-0.39, 0.29) is 18.0 Å². The molecule has 6 heteroatoms. The minimum absolute atomic E-state index is 0. The lowest BCUT2D eigenvalue weighted by Gasteiger charge is -2.27. The number of hydrogen-bond acceptors (Lipinski definition) is 5. The first-order valence-corrected chi connectivity index (χ1v) is 8.00. The van der Waals surface area contributed by atoms with Gasteiger partial charge in [-0.15, -0.1) is 12.4 Å². The van der Waals surface area contributed by atoms with Gasteiger partial charge in [0.1, 0.15) is 0 Å². The summed E-state index contributed by atoms with van der Waals surface area (Å²) in [6.07, 6.45) is 5.43. The lowest BCUT2D eigenvalue weighted by atomic mass is 10.0. The van der Waals surface area contributed by atoms with Crippen molar-refractivity contribution in [1.82, 2.24) is 4.90 Å². The molecule has 0 aliphatic carbocycles. The Morgan fingerprint density at radius 3 is 2.58 bits per heavy atom. The number of benzene rings is 1. The minimum atomic E-state index is -0.384. The van der Waals surface area contributed by atoms with Gasteiger partial charge in [0.2, 0.25) is 5.75 Å². The number of ether oxygens (including phenoxy) is 1. The normalized spacial score (nSPS) is 15.5. The number of fused-ring (bicyclic) bond motifs is 2. The maximum Gasteiger partial charge on any atom is 0.336 e. The van der Waals surface area contributed by atoms with Crippen LogP contribution in [0.5, 0.6) is 5.75 Å². The quantitative estimate of drug-likeness (QED) is 0.670. The molecule has 0 radical (unpaired) electrons. The molecule has 128 valence electrons. The molecule has 0 saturated carbocycles. The number of halogens is 1. The van der Waals surface area contributed by atoms with Crippen LogP contribution >= 0.6 is 12.4 Å². The number of likely N-dealkylation sites (tertiary alicyclic amines) is 1. The predicted molar refractivity (Wildman–Crippen MR) is 95.2 cm³/mol. The fraction of sp³-hybridized carbons (Fsp3) is 0.389. The highest BCUT2D eigenvalue weighted by atomic mass is 35.5. The molecule has 2 aromatic heterocycles. The van der Waals surface area contributed by atoms with Gasteiger partial charge in [-0.1, -0.05) is 6.42 Å². The highest BCUT2D eigenvalue weighted by Crippen LogP contribution is 2.38. The zero-order valence-electron chi connectivity index (χ0n) is 13.5. The topological polar surface area (TPSA) is 55.8 Å². The summed E-state index contributed by atoms with van der Waals surface area (Å²) >= 11 is 0. The summed E-state index contributed by atoms with van der Waals surface area (Å²) < 4.78 is 16.5. The molecule has 3 heterocycles. The maximum absolute atomic E-state index is 11.7. The smallest absolute Gasteiger partial charge is 0.336 e. The zero-order chi connectivity index (χ0) is 15.8. The van der Waals surface area contributed by atoms with Gasteiger partial charge < -0.3 is 13.6 Å². The molecule has 1 aliphatic rings. The van der Waals surface area contributed by atoms with Gasteiger partial charge in [-0.25, -0.2) is 4.79 Å². The number of piperidine rings is 1. The van der Waals surface area contributed by atoms with E-state index >= 15 is 0 Å². The third-order valence-corrected chi connectivity index (χ3v) is 4.60. The molecule has 24 heavy (non-hydrogen) atoms. The average molecular weight is 350 g/mol. The van der Waals surface area contributed by atoms with Crippen molar-refractivity contribution < 1.29 is 13.6 Å². The van der Waals surface area contributed by atoms with Crippen LogP contribution in [0, 0.1) is 0 Å². The number of methoxy groups -OCH3 is 1. The van der Waals surface area contributed by atoms with Gasteiger partial charge >= 0.3 is 5.63 Å². The second kappa shape index (κ2) is 6.87. The standard InChI is InChI=1S/C18H19NO4.ClH/c1-21-18-16-13(7-10-22-16)14(11-19-8-3-2-4-9-19)12-5-6-15(20)23-17(12)18;/h5-7,10H,2-4,8-9,11H2,1H3;1H. The van der Waals surface area contributed by atoms with E-state index in [4.69, 9.17) is 13.6 Å². The third-order valence-electron chi connectivity index (χ3n) is 4.60. The Hall–Kier alpha value is -1.98. The molecule has 0 atom stereocenters. The number of nitrogens with zero attached hydrogens (tertiary/aromatic N) is 1. The van der Waals surface area contributed by atoms with Crippen LogP contribution in [0.15, 0.2) is 38.1 Å². The van der Waals surface area contributed by atoms with E-state index in [1.165, 1.54) is 25.3 Å². The van der Waals surface area contributed by atoms with Crippen LogP contribution in [0.1, 0.15) is 24.8 Å². The minimum Gasteiger partial charge on any atom is -0.490 e. The van der Waals surface area contributed by atoms with Crippen molar-refractivity contribution in [2.75, 3.05) is 20.2 Å². The molecule has 0 N–H and O–H groups in total. The Balaban J connectivity index is 0.00000169. The van der Waals surface area contributed by atoms with Crippen LogP contribution in [0.25, 0.3) is 21.9 Å². The highest BCUT2D eigenvalue weighted by Gasteiger charge is 2.21. The molecule has 1 fully saturated rings. The van der Waals surface area contributed by atoms with E-state index in [2.05, 4.69) is 4.90 Å². The van der Waals surface area contributed by atoms with Gasteiger partial charge in [0.05, 0.1) is 13.4 Å². The van der Waals surface area contributed by atoms with Gasteiger partial charge in [0.25, 0.3) is 0 Å². The van der Waals surface area contributed by atoms with Crippen LogP contribution in [-0.2, 0) is 6.54 Å². The fourth-order valence-corrected chi connectivity index (χ4v) is 3.49. The molecule has 1 aromatic carbocycles. The Morgan fingerprint density at radius 2 is 1.83 bits per heavy atom. The lowest BCUT2D eigenvalue weighted by molar-refractivity contribution is 0.222. The van der Waals surface area contributed by atoms with Crippen molar-refractivity contribution in [3.8, 4) is 5.75 Å². The van der Waals surface area contributed by atoms with E-state index in [1.807, 2.05) is 12.1 Å². The molecule has 4 rings (SSSR count). The van der Waals surface area contributed by atoms with Crippen molar-refractivity contribution in [3.05, 3.63) is 40.4 Å². The van der Waals surface area contributed by atoms with Crippen LogP contribution < -0.4 is 10.4 Å². The molecule has 0 spiro atoms. The number of furan rings is 1. The molecule has 0 unspecified atom stereocenters. The van der Waals surface area contributed by atoms with E-state index in [1.54, 1.807) is 13.4 Å². The Labute approximate surface area is 145 Å². The summed E-state index contributed by atoms with van der Waals surface area (Å²) in [5.74, 6) is 0.486. The Kier molecular flexibility index (Phi) is 4.83. The second-order valence-corrected chi connectivity index (χ2v) is 6.01. The molecule has 0 bridgehead atoms. The average Bonchev–Trinajstić information content (AvgIpc) is 3.05. The number of rotatable bonds is 3. The van der Waals surface area contributed by atoms with Gasteiger partial charge in [-0.2, -0.15) is 0 Å². The van der Waals surface area contributed by atoms with Crippen molar-refractivity contribution in [1.29, 1.82) is 0 Å². The Morgan fingerprint density at radius 1 is 1.08 bits per heavy atom. The molecule has 1 aliphatic heterocycles. The summed E-state index contributed by atoms with van der Waals surface area (Å²) in [6.45, 7) is 3.03. The first-order chi connectivity index (χ1) is 11.3. The first kappa shape index (κ1) is 16.9. The molecule has 3 aromatic rings. The van der Waals surface area contributed by atoms with Gasteiger partial charge in [0, 0.05) is 23.4 Å². The Bertz CT molecular complexity index is 908. The van der Waals surface area contributed by atoms with E-state index in [0.29, 0.717) is 16.9 Å². The summed E-state index contributed by atoms with van der Waals surface area (Å²) in [7, 11) is 1.56. The molecule has 5 nitrogen and oxygen atoms in total. The molecule has 0 amide bonds. The predicted octanol–water partition coefficient (Wildman–Crippen LogP) is 3.96. The fourth-order valence-electron chi connectivity index (χ4n) is 3.49. The van der Waals surface area contributed by atoms with Gasteiger partial charge in [-0.05, 0) is 43.6 Å². The third kappa shape index (κ3) is 2.78. The summed E-state index contributed by atoms with van der Waals surface area (Å²) in [4.78, 5) is 14.1. The van der Waals surface area contributed by atoms with E-state index in [9.17, 15) is 4.79 Å². The molecular weight excluding hydrogens is 330 g/mol. The first-order valence-electron chi connectivity index (χ1n) is 8.00. The second-order valence-electron chi connectivity index (χ2n) is 6.01. The molecular formula is C18H20ClNO4. The van der Waals surface area contributed by atoms with Crippen LogP contribution in [0.3, 0.4) is 0 Å². The van der Waals surface area contributed by atoms with E-state index < -0.39 is 0 Å². The summed E-state index contributed by atoms with van der Waals surface area (Å²) in [6, 6.07) is 5.25. The van der Waals surface area contributed by atoms with Crippen molar-refractivity contribution >= 4 is 34.3 Å². The lowest BCUT2D eigenvalue weighted by Crippen LogP contribution is -2.29. The van der Waals surface area contributed by atoms with Crippen LogP contribution in [0.2, 0.25) is 0 Å².